The van der Waals surface area contributed by atoms with Gasteiger partial charge in [0.05, 0.1) is 11.4 Å². The molecule has 2 rings (SSSR count). The monoisotopic (exact) mass is 336 g/mol. The summed E-state index contributed by atoms with van der Waals surface area (Å²) in [6, 6.07) is 10.0. The smallest absolute Gasteiger partial charge is 0.221 e. The van der Waals surface area contributed by atoms with E-state index in [-0.39, 0.29) is 18.3 Å². The molecule has 0 radical (unpaired) electrons. The van der Waals surface area contributed by atoms with Gasteiger partial charge in [0.25, 0.3) is 0 Å². The average Bonchev–Trinajstić information content (AvgIpc) is 2.96. The number of hydrogen-bond donors (Lipinski definition) is 2. The zero-order chi connectivity index (χ0) is 15.9. The lowest BCUT2D eigenvalue weighted by molar-refractivity contribution is -0.121. The summed E-state index contributed by atoms with van der Waals surface area (Å²) in [5.74, 6) is 0.366. The van der Waals surface area contributed by atoms with Gasteiger partial charge in [0.1, 0.15) is 0 Å². The molecule has 0 aliphatic rings. The van der Waals surface area contributed by atoms with Gasteiger partial charge in [-0.25, -0.2) is 4.68 Å². The van der Waals surface area contributed by atoms with E-state index in [1.807, 2.05) is 48.3 Å². The highest BCUT2D eigenvalue weighted by Gasteiger charge is 2.14. The Hall–Kier alpha value is -1.85. The van der Waals surface area contributed by atoms with E-state index in [1.54, 1.807) is 0 Å². The van der Waals surface area contributed by atoms with Crippen LogP contribution in [-0.2, 0) is 11.3 Å². The second-order valence-corrected chi connectivity index (χ2v) is 5.60. The van der Waals surface area contributed by atoms with Gasteiger partial charge in [-0.2, -0.15) is 5.10 Å². The van der Waals surface area contributed by atoms with Crippen LogP contribution in [0.3, 0.4) is 0 Å². The molecule has 0 aliphatic heterocycles. The summed E-state index contributed by atoms with van der Waals surface area (Å²) in [7, 11) is 1.84. The van der Waals surface area contributed by atoms with Gasteiger partial charge in [-0.3, -0.25) is 4.79 Å². The molecule has 1 aromatic heterocycles. The quantitative estimate of drug-likeness (QED) is 0.817. The third-order valence-corrected chi connectivity index (χ3v) is 3.47. The Morgan fingerprint density at radius 1 is 1.26 bits per heavy atom. The summed E-state index contributed by atoms with van der Waals surface area (Å²) in [4.78, 5) is 11.8. The molecule has 126 valence electrons. The van der Waals surface area contributed by atoms with Crippen LogP contribution >= 0.6 is 12.4 Å². The van der Waals surface area contributed by atoms with Crippen molar-refractivity contribution in [3.05, 3.63) is 47.8 Å². The Kier molecular flexibility index (Phi) is 7.78. The summed E-state index contributed by atoms with van der Waals surface area (Å²) in [5, 5.41) is 10.6. The standard InChI is InChI=1S/C17H24N4O.ClH/c1-13(2)17-14(11-19-16(22)9-10-18-3)12-21(20-17)15-7-5-4-6-8-15;/h4-8,12-13,18H,9-11H2,1-3H3,(H,19,22);1H. The van der Waals surface area contributed by atoms with Crippen molar-refractivity contribution >= 4 is 18.3 Å². The molecule has 0 unspecified atom stereocenters. The maximum atomic E-state index is 11.8. The minimum absolute atomic E-state index is 0. The number of carbonyl (C=O) groups excluding carboxylic acids is 1. The van der Waals surface area contributed by atoms with E-state index < -0.39 is 0 Å². The maximum absolute atomic E-state index is 11.8. The fourth-order valence-corrected chi connectivity index (χ4v) is 2.28. The number of nitrogens with one attached hydrogen (secondary N) is 2. The SMILES string of the molecule is CNCCC(=O)NCc1cn(-c2ccccc2)nc1C(C)C.Cl. The summed E-state index contributed by atoms with van der Waals surface area (Å²) < 4.78 is 1.88. The van der Waals surface area contributed by atoms with E-state index in [4.69, 9.17) is 0 Å². The van der Waals surface area contributed by atoms with Crippen molar-refractivity contribution < 1.29 is 4.79 Å². The van der Waals surface area contributed by atoms with Crippen LogP contribution in [0.1, 0.15) is 37.4 Å². The van der Waals surface area contributed by atoms with Gasteiger partial charge in [-0.05, 0) is 25.1 Å². The van der Waals surface area contributed by atoms with Crippen LogP contribution < -0.4 is 10.6 Å². The van der Waals surface area contributed by atoms with E-state index in [9.17, 15) is 4.79 Å². The van der Waals surface area contributed by atoms with E-state index in [1.165, 1.54) is 0 Å². The third kappa shape index (κ3) is 5.37. The van der Waals surface area contributed by atoms with Crippen molar-refractivity contribution in [2.75, 3.05) is 13.6 Å². The molecule has 5 nitrogen and oxygen atoms in total. The highest BCUT2D eigenvalue weighted by Crippen LogP contribution is 2.19. The Bertz CT molecular complexity index is 610. The van der Waals surface area contributed by atoms with Gasteiger partial charge in [0.15, 0.2) is 0 Å². The first-order valence-corrected chi connectivity index (χ1v) is 7.67. The van der Waals surface area contributed by atoms with Crippen LogP contribution in [-0.4, -0.2) is 29.3 Å². The van der Waals surface area contributed by atoms with Crippen LogP contribution in [0, 0.1) is 0 Å². The zero-order valence-corrected chi connectivity index (χ0v) is 14.7. The largest absolute Gasteiger partial charge is 0.352 e. The molecule has 1 aromatic carbocycles. The van der Waals surface area contributed by atoms with E-state index in [0.29, 0.717) is 25.4 Å². The molecule has 0 atom stereocenters. The minimum atomic E-state index is 0. The van der Waals surface area contributed by atoms with Gasteiger partial charge in [0, 0.05) is 31.3 Å². The normalized spacial score (nSPS) is 10.4. The molecule has 0 fully saturated rings. The van der Waals surface area contributed by atoms with Crippen molar-refractivity contribution in [1.29, 1.82) is 0 Å². The second kappa shape index (κ2) is 9.33. The van der Waals surface area contributed by atoms with E-state index >= 15 is 0 Å². The van der Waals surface area contributed by atoms with Gasteiger partial charge in [-0.15, -0.1) is 12.4 Å². The van der Waals surface area contributed by atoms with E-state index in [0.717, 1.165) is 16.9 Å². The van der Waals surface area contributed by atoms with Crippen molar-refractivity contribution in [3.8, 4) is 5.69 Å². The molecule has 0 saturated heterocycles. The molecule has 1 amide bonds. The first-order valence-electron chi connectivity index (χ1n) is 7.67. The molecular weight excluding hydrogens is 312 g/mol. The highest BCUT2D eigenvalue weighted by atomic mass is 35.5. The van der Waals surface area contributed by atoms with Crippen molar-refractivity contribution in [3.63, 3.8) is 0 Å². The van der Waals surface area contributed by atoms with Gasteiger partial charge >= 0.3 is 0 Å². The maximum Gasteiger partial charge on any atom is 0.221 e. The van der Waals surface area contributed by atoms with Crippen LogP contribution in [0.25, 0.3) is 5.69 Å². The number of rotatable bonds is 7. The number of hydrogen-bond acceptors (Lipinski definition) is 3. The summed E-state index contributed by atoms with van der Waals surface area (Å²) >= 11 is 0. The lowest BCUT2D eigenvalue weighted by Gasteiger charge is -2.07. The first-order chi connectivity index (χ1) is 10.6. The number of para-hydroxylation sites is 1. The summed E-state index contributed by atoms with van der Waals surface area (Å²) in [6.45, 7) is 5.43. The molecule has 1 heterocycles. The molecule has 0 bridgehead atoms. The topological polar surface area (TPSA) is 59.0 Å². The Morgan fingerprint density at radius 3 is 2.57 bits per heavy atom. The molecule has 0 saturated carbocycles. The third-order valence-electron chi connectivity index (χ3n) is 3.47. The predicted octanol–water partition coefficient (Wildman–Crippen LogP) is 2.64. The number of nitrogens with zero attached hydrogens (tertiary/aromatic N) is 2. The molecule has 2 aromatic rings. The Labute approximate surface area is 143 Å². The molecule has 2 N–H and O–H groups in total. The van der Waals surface area contributed by atoms with Crippen molar-refractivity contribution in [2.24, 2.45) is 0 Å². The molecular formula is C17H25ClN4O. The second-order valence-electron chi connectivity index (χ2n) is 5.60. The molecule has 6 heteroatoms. The van der Waals surface area contributed by atoms with Gasteiger partial charge in [0.2, 0.25) is 5.91 Å². The highest BCUT2D eigenvalue weighted by molar-refractivity contribution is 5.85. The number of carbonyl (C=O) groups is 1. The average molecular weight is 337 g/mol. The number of benzene rings is 1. The number of halogens is 1. The minimum Gasteiger partial charge on any atom is -0.352 e. The lowest BCUT2D eigenvalue weighted by Crippen LogP contribution is -2.26. The summed E-state index contributed by atoms with van der Waals surface area (Å²) in [5.41, 5.74) is 3.12. The van der Waals surface area contributed by atoms with Crippen molar-refractivity contribution in [2.45, 2.75) is 32.7 Å². The fraction of sp³-hybridized carbons (Fsp3) is 0.412. The van der Waals surface area contributed by atoms with Crippen LogP contribution in [0.15, 0.2) is 36.5 Å². The van der Waals surface area contributed by atoms with Gasteiger partial charge in [-0.1, -0.05) is 32.0 Å². The summed E-state index contributed by atoms with van der Waals surface area (Å²) in [6.07, 6.45) is 2.49. The first kappa shape index (κ1) is 19.2. The Morgan fingerprint density at radius 2 is 1.96 bits per heavy atom. The Balaban J connectivity index is 0.00000264. The predicted molar refractivity (Wildman–Crippen MR) is 95.3 cm³/mol. The van der Waals surface area contributed by atoms with Crippen LogP contribution in [0.5, 0.6) is 0 Å². The number of aromatic nitrogens is 2. The van der Waals surface area contributed by atoms with Crippen LogP contribution in [0.2, 0.25) is 0 Å². The molecule has 23 heavy (non-hydrogen) atoms. The molecule has 0 spiro atoms. The van der Waals surface area contributed by atoms with Gasteiger partial charge < -0.3 is 10.6 Å². The van der Waals surface area contributed by atoms with Crippen LogP contribution in [0.4, 0.5) is 0 Å². The van der Waals surface area contributed by atoms with Crippen molar-refractivity contribution in [1.82, 2.24) is 20.4 Å². The fourth-order valence-electron chi connectivity index (χ4n) is 2.28. The zero-order valence-electron chi connectivity index (χ0n) is 13.9. The molecule has 0 aliphatic carbocycles. The lowest BCUT2D eigenvalue weighted by atomic mass is 10.1. The number of amides is 1. The van der Waals surface area contributed by atoms with E-state index in [2.05, 4.69) is 29.6 Å².